The Hall–Kier alpha value is -2.00. The van der Waals surface area contributed by atoms with Gasteiger partial charge in [-0.15, -0.1) is 0 Å². The summed E-state index contributed by atoms with van der Waals surface area (Å²) in [7, 11) is 0. The SMILES string of the molecule is CCC(C)c1ccc(OC(C)OCCOc2ccc(C)cc2)cc1. The summed E-state index contributed by atoms with van der Waals surface area (Å²) < 4.78 is 17.1. The van der Waals surface area contributed by atoms with Gasteiger partial charge in [0.15, 0.2) is 6.29 Å². The van der Waals surface area contributed by atoms with Gasteiger partial charge < -0.3 is 14.2 Å². The quantitative estimate of drug-likeness (QED) is 0.460. The van der Waals surface area contributed by atoms with Crippen molar-refractivity contribution in [1.82, 2.24) is 0 Å². The fourth-order valence-corrected chi connectivity index (χ4v) is 2.34. The van der Waals surface area contributed by atoms with Gasteiger partial charge in [0.2, 0.25) is 0 Å². The lowest BCUT2D eigenvalue weighted by molar-refractivity contribution is -0.0739. The molecule has 0 aliphatic heterocycles. The van der Waals surface area contributed by atoms with E-state index in [9.17, 15) is 0 Å². The molecule has 0 spiro atoms. The zero-order valence-corrected chi connectivity index (χ0v) is 15.1. The van der Waals surface area contributed by atoms with Crippen molar-refractivity contribution in [3.8, 4) is 11.5 Å². The summed E-state index contributed by atoms with van der Waals surface area (Å²) in [6, 6.07) is 16.2. The lowest BCUT2D eigenvalue weighted by Gasteiger charge is -2.16. The molecule has 0 saturated carbocycles. The first-order valence-corrected chi connectivity index (χ1v) is 8.66. The fraction of sp³-hybridized carbons (Fsp3) is 0.429. The molecule has 0 N–H and O–H groups in total. The van der Waals surface area contributed by atoms with E-state index < -0.39 is 0 Å². The van der Waals surface area contributed by atoms with E-state index in [1.54, 1.807) is 0 Å². The first kappa shape index (κ1) is 18.3. The molecule has 0 aromatic heterocycles. The Balaban J connectivity index is 1.69. The van der Waals surface area contributed by atoms with Crippen molar-refractivity contribution in [1.29, 1.82) is 0 Å². The summed E-state index contributed by atoms with van der Waals surface area (Å²) in [4.78, 5) is 0. The molecule has 2 rings (SSSR count). The topological polar surface area (TPSA) is 27.7 Å². The predicted molar refractivity (Wildman–Crippen MR) is 97.9 cm³/mol. The highest BCUT2D eigenvalue weighted by Crippen LogP contribution is 2.22. The van der Waals surface area contributed by atoms with Crippen LogP contribution in [-0.2, 0) is 4.74 Å². The predicted octanol–water partition coefficient (Wildman–Crippen LogP) is 5.33. The number of hydrogen-bond donors (Lipinski definition) is 0. The molecule has 24 heavy (non-hydrogen) atoms. The minimum atomic E-state index is -0.305. The molecule has 3 heteroatoms. The Morgan fingerprint density at radius 2 is 1.46 bits per heavy atom. The lowest BCUT2D eigenvalue weighted by atomic mass is 9.99. The van der Waals surface area contributed by atoms with Gasteiger partial charge in [-0.05, 0) is 56.0 Å². The van der Waals surface area contributed by atoms with E-state index in [2.05, 4.69) is 32.9 Å². The maximum Gasteiger partial charge on any atom is 0.197 e. The van der Waals surface area contributed by atoms with Crippen LogP contribution in [0.1, 0.15) is 44.2 Å². The molecule has 0 fully saturated rings. The molecule has 130 valence electrons. The van der Waals surface area contributed by atoms with Crippen LogP contribution < -0.4 is 9.47 Å². The van der Waals surface area contributed by atoms with Crippen molar-refractivity contribution in [2.24, 2.45) is 0 Å². The van der Waals surface area contributed by atoms with Crippen LogP contribution in [0, 0.1) is 6.92 Å². The zero-order chi connectivity index (χ0) is 17.4. The van der Waals surface area contributed by atoms with E-state index in [0.717, 1.165) is 17.9 Å². The summed E-state index contributed by atoms with van der Waals surface area (Å²) >= 11 is 0. The minimum Gasteiger partial charge on any atom is -0.491 e. The first-order valence-electron chi connectivity index (χ1n) is 8.66. The molecule has 0 saturated heterocycles. The van der Waals surface area contributed by atoms with Gasteiger partial charge in [0.1, 0.15) is 18.1 Å². The standard InChI is InChI=1S/C21H28O3/c1-5-17(3)19-8-12-21(13-9-19)24-18(4)22-14-15-23-20-10-6-16(2)7-11-20/h6-13,17-18H,5,14-15H2,1-4H3. The van der Waals surface area contributed by atoms with E-state index in [1.807, 2.05) is 43.3 Å². The van der Waals surface area contributed by atoms with Gasteiger partial charge in [-0.2, -0.15) is 0 Å². The fourth-order valence-electron chi connectivity index (χ4n) is 2.34. The molecular formula is C21H28O3. The Bertz CT molecular complexity index is 589. The molecule has 3 nitrogen and oxygen atoms in total. The van der Waals surface area contributed by atoms with E-state index in [1.165, 1.54) is 11.1 Å². The highest BCUT2D eigenvalue weighted by Gasteiger charge is 2.06. The lowest BCUT2D eigenvalue weighted by Crippen LogP contribution is -2.19. The van der Waals surface area contributed by atoms with Gasteiger partial charge in [-0.1, -0.05) is 43.7 Å². The van der Waals surface area contributed by atoms with Gasteiger partial charge in [0.25, 0.3) is 0 Å². The number of rotatable bonds is 9. The zero-order valence-electron chi connectivity index (χ0n) is 15.1. The second kappa shape index (κ2) is 9.33. The van der Waals surface area contributed by atoms with Crippen LogP contribution in [0.5, 0.6) is 11.5 Å². The molecule has 2 aromatic carbocycles. The average Bonchev–Trinajstić information content (AvgIpc) is 2.60. The number of hydrogen-bond acceptors (Lipinski definition) is 3. The van der Waals surface area contributed by atoms with Crippen molar-refractivity contribution in [3.05, 3.63) is 59.7 Å². The number of benzene rings is 2. The summed E-state index contributed by atoms with van der Waals surface area (Å²) in [5.41, 5.74) is 2.56. The van der Waals surface area contributed by atoms with Gasteiger partial charge in [-0.25, -0.2) is 0 Å². The summed E-state index contributed by atoms with van der Waals surface area (Å²) in [5, 5.41) is 0. The van der Waals surface area contributed by atoms with Gasteiger partial charge >= 0.3 is 0 Å². The molecule has 0 amide bonds. The minimum absolute atomic E-state index is 0.305. The van der Waals surface area contributed by atoms with Crippen molar-refractivity contribution < 1.29 is 14.2 Å². The van der Waals surface area contributed by atoms with Crippen molar-refractivity contribution >= 4 is 0 Å². The molecule has 0 bridgehead atoms. The van der Waals surface area contributed by atoms with Crippen LogP contribution in [0.4, 0.5) is 0 Å². The molecular weight excluding hydrogens is 300 g/mol. The van der Waals surface area contributed by atoms with E-state index in [-0.39, 0.29) is 6.29 Å². The smallest absolute Gasteiger partial charge is 0.197 e. The monoisotopic (exact) mass is 328 g/mol. The Morgan fingerprint density at radius 1 is 0.833 bits per heavy atom. The van der Waals surface area contributed by atoms with Gasteiger partial charge in [0.05, 0.1) is 6.61 Å². The molecule has 0 aliphatic rings. The highest BCUT2D eigenvalue weighted by atomic mass is 16.7. The molecule has 0 heterocycles. The van der Waals surface area contributed by atoms with Crippen molar-refractivity contribution in [2.75, 3.05) is 13.2 Å². The molecule has 0 aliphatic carbocycles. The maximum atomic E-state index is 5.77. The summed E-state index contributed by atoms with van der Waals surface area (Å²) in [6.45, 7) is 9.37. The second-order valence-electron chi connectivity index (χ2n) is 6.10. The van der Waals surface area contributed by atoms with Gasteiger partial charge in [-0.3, -0.25) is 0 Å². The molecule has 2 aromatic rings. The number of ether oxygens (including phenoxy) is 3. The summed E-state index contributed by atoms with van der Waals surface area (Å²) in [6.07, 6.45) is 0.835. The van der Waals surface area contributed by atoms with E-state index >= 15 is 0 Å². The maximum absolute atomic E-state index is 5.77. The van der Waals surface area contributed by atoms with Crippen LogP contribution in [0.2, 0.25) is 0 Å². The molecule has 0 radical (unpaired) electrons. The van der Waals surface area contributed by atoms with Gasteiger partial charge in [0, 0.05) is 0 Å². The largest absolute Gasteiger partial charge is 0.491 e. The third kappa shape index (κ3) is 5.89. The van der Waals surface area contributed by atoms with Crippen LogP contribution >= 0.6 is 0 Å². The molecule has 2 unspecified atom stereocenters. The van der Waals surface area contributed by atoms with Crippen LogP contribution in [-0.4, -0.2) is 19.5 Å². The Morgan fingerprint density at radius 3 is 2.08 bits per heavy atom. The first-order chi connectivity index (χ1) is 11.6. The Kier molecular flexibility index (Phi) is 7.13. The third-order valence-corrected chi connectivity index (χ3v) is 4.09. The van der Waals surface area contributed by atoms with Crippen molar-refractivity contribution in [2.45, 2.75) is 46.3 Å². The van der Waals surface area contributed by atoms with Crippen LogP contribution in [0.3, 0.4) is 0 Å². The molecule has 2 atom stereocenters. The van der Waals surface area contributed by atoms with E-state index in [0.29, 0.717) is 19.1 Å². The average molecular weight is 328 g/mol. The van der Waals surface area contributed by atoms with E-state index in [4.69, 9.17) is 14.2 Å². The van der Waals surface area contributed by atoms with Crippen LogP contribution in [0.15, 0.2) is 48.5 Å². The second-order valence-corrected chi connectivity index (χ2v) is 6.10. The van der Waals surface area contributed by atoms with Crippen molar-refractivity contribution in [3.63, 3.8) is 0 Å². The Labute approximate surface area is 145 Å². The third-order valence-electron chi connectivity index (χ3n) is 4.09. The van der Waals surface area contributed by atoms with Crippen LogP contribution in [0.25, 0.3) is 0 Å². The normalized spacial score (nSPS) is 13.3. The number of aryl methyl sites for hydroxylation is 1. The highest BCUT2D eigenvalue weighted by molar-refractivity contribution is 5.29. The summed E-state index contributed by atoms with van der Waals surface area (Å²) in [5.74, 6) is 2.26.